The third kappa shape index (κ3) is 6.92. The first kappa shape index (κ1) is 17.9. The lowest BCUT2D eigenvalue weighted by Gasteiger charge is -2.30. The van der Waals surface area contributed by atoms with Crippen molar-refractivity contribution < 1.29 is 4.79 Å². The van der Waals surface area contributed by atoms with Gasteiger partial charge in [-0.2, -0.15) is 5.26 Å². The number of nitrogens with zero attached hydrogens (tertiary/aromatic N) is 3. The Kier molecular flexibility index (Phi) is 9.04. The van der Waals surface area contributed by atoms with E-state index in [1.54, 1.807) is 0 Å². The van der Waals surface area contributed by atoms with Crippen molar-refractivity contribution in [3.8, 4) is 6.07 Å². The van der Waals surface area contributed by atoms with Crippen LogP contribution in [0.4, 0.5) is 0 Å². The molecule has 0 spiro atoms. The summed E-state index contributed by atoms with van der Waals surface area (Å²) in [5.41, 5.74) is 0. The van der Waals surface area contributed by atoms with Gasteiger partial charge >= 0.3 is 0 Å². The van der Waals surface area contributed by atoms with Crippen LogP contribution in [0, 0.1) is 17.2 Å². The molecule has 120 valence electrons. The predicted octanol–water partition coefficient (Wildman–Crippen LogP) is 1.46. The van der Waals surface area contributed by atoms with Gasteiger partial charge in [0.2, 0.25) is 5.91 Å². The zero-order valence-electron chi connectivity index (χ0n) is 13.6. The standard InChI is InChI=1S/C16H30N4O/c1-3-19(4-2)12-6-10-18-16(21)15-7-13-20(14-8-15)11-5-9-17/h15H,3-8,10-14H2,1-2H3,(H,18,21). The van der Waals surface area contributed by atoms with Crippen molar-refractivity contribution >= 4 is 5.91 Å². The summed E-state index contributed by atoms with van der Waals surface area (Å²) in [6, 6.07) is 2.18. The number of hydrogen-bond donors (Lipinski definition) is 1. The summed E-state index contributed by atoms with van der Waals surface area (Å²) in [7, 11) is 0. The number of likely N-dealkylation sites (tertiary alicyclic amines) is 1. The Hall–Kier alpha value is -1.12. The Balaban J connectivity index is 2.12. The van der Waals surface area contributed by atoms with Crippen LogP contribution in [0.25, 0.3) is 0 Å². The monoisotopic (exact) mass is 294 g/mol. The summed E-state index contributed by atoms with van der Waals surface area (Å²) in [5, 5.41) is 11.7. The molecule has 0 atom stereocenters. The second-order valence-electron chi connectivity index (χ2n) is 5.70. The van der Waals surface area contributed by atoms with Crippen LogP contribution in [-0.2, 0) is 4.79 Å². The van der Waals surface area contributed by atoms with Gasteiger partial charge in [0.05, 0.1) is 6.07 Å². The van der Waals surface area contributed by atoms with E-state index in [2.05, 4.69) is 35.0 Å². The van der Waals surface area contributed by atoms with Crippen molar-refractivity contribution in [3.05, 3.63) is 0 Å². The van der Waals surface area contributed by atoms with Crippen LogP contribution in [0.15, 0.2) is 0 Å². The third-order valence-electron chi connectivity index (χ3n) is 4.34. The molecule has 1 aliphatic heterocycles. The van der Waals surface area contributed by atoms with Crippen LogP contribution in [0.2, 0.25) is 0 Å². The maximum Gasteiger partial charge on any atom is 0.223 e. The van der Waals surface area contributed by atoms with Crippen molar-refractivity contribution in [1.82, 2.24) is 15.1 Å². The van der Waals surface area contributed by atoms with Gasteiger partial charge in [0.1, 0.15) is 0 Å². The maximum atomic E-state index is 12.1. The maximum absolute atomic E-state index is 12.1. The number of nitriles is 1. The molecule has 21 heavy (non-hydrogen) atoms. The van der Waals surface area contributed by atoms with Gasteiger partial charge < -0.3 is 15.1 Å². The number of carbonyl (C=O) groups excluding carboxylic acids is 1. The third-order valence-corrected chi connectivity index (χ3v) is 4.34. The van der Waals surface area contributed by atoms with Crippen LogP contribution in [-0.4, -0.2) is 61.5 Å². The average molecular weight is 294 g/mol. The van der Waals surface area contributed by atoms with E-state index in [1.165, 1.54) is 0 Å². The molecule has 5 heteroatoms. The highest BCUT2D eigenvalue weighted by Gasteiger charge is 2.24. The van der Waals surface area contributed by atoms with Gasteiger partial charge in [-0.1, -0.05) is 13.8 Å². The molecule has 0 aromatic rings. The lowest BCUT2D eigenvalue weighted by atomic mass is 9.96. The molecule has 0 saturated carbocycles. The molecule has 0 unspecified atom stereocenters. The number of piperidine rings is 1. The summed E-state index contributed by atoms with van der Waals surface area (Å²) < 4.78 is 0. The summed E-state index contributed by atoms with van der Waals surface area (Å²) in [6.07, 6.45) is 3.46. The van der Waals surface area contributed by atoms with Crippen molar-refractivity contribution in [3.63, 3.8) is 0 Å². The van der Waals surface area contributed by atoms with Gasteiger partial charge in [-0.15, -0.1) is 0 Å². The minimum Gasteiger partial charge on any atom is -0.356 e. The van der Waals surface area contributed by atoms with Crippen LogP contribution in [0.5, 0.6) is 0 Å². The van der Waals surface area contributed by atoms with Crippen molar-refractivity contribution in [1.29, 1.82) is 5.26 Å². The van der Waals surface area contributed by atoms with Gasteiger partial charge in [0.25, 0.3) is 0 Å². The quantitative estimate of drug-likeness (QED) is 0.654. The molecule has 0 radical (unpaired) electrons. The highest BCUT2D eigenvalue weighted by Crippen LogP contribution is 2.17. The minimum absolute atomic E-state index is 0.164. The minimum atomic E-state index is 0.164. The van der Waals surface area contributed by atoms with E-state index in [9.17, 15) is 4.79 Å². The summed E-state index contributed by atoms with van der Waals surface area (Å²) in [5.74, 6) is 0.381. The fourth-order valence-electron chi connectivity index (χ4n) is 2.83. The summed E-state index contributed by atoms with van der Waals surface area (Å²) >= 11 is 0. The SMILES string of the molecule is CCN(CC)CCCNC(=O)C1CCN(CCC#N)CC1. The highest BCUT2D eigenvalue weighted by molar-refractivity contribution is 5.78. The highest BCUT2D eigenvalue weighted by atomic mass is 16.1. The zero-order chi connectivity index (χ0) is 15.5. The largest absolute Gasteiger partial charge is 0.356 e. The molecule has 1 fully saturated rings. The van der Waals surface area contributed by atoms with Crippen LogP contribution < -0.4 is 5.32 Å². The molecular weight excluding hydrogens is 264 g/mol. The van der Waals surface area contributed by atoms with Gasteiger partial charge in [-0.3, -0.25) is 4.79 Å². The molecule has 0 aliphatic carbocycles. The van der Waals surface area contributed by atoms with Crippen LogP contribution >= 0.6 is 0 Å². The van der Waals surface area contributed by atoms with E-state index in [0.717, 1.165) is 65.1 Å². The number of amides is 1. The predicted molar refractivity (Wildman–Crippen MR) is 84.8 cm³/mol. The number of rotatable bonds is 9. The van der Waals surface area contributed by atoms with E-state index in [1.807, 2.05) is 0 Å². The molecular formula is C16H30N4O. The first-order valence-electron chi connectivity index (χ1n) is 8.30. The lowest BCUT2D eigenvalue weighted by Crippen LogP contribution is -2.41. The Morgan fingerprint density at radius 2 is 2.00 bits per heavy atom. The lowest BCUT2D eigenvalue weighted by molar-refractivity contribution is -0.126. The van der Waals surface area contributed by atoms with Crippen LogP contribution in [0.1, 0.15) is 39.5 Å². The van der Waals surface area contributed by atoms with Gasteiger partial charge in [0.15, 0.2) is 0 Å². The molecule has 1 rings (SSSR count). The van der Waals surface area contributed by atoms with Gasteiger partial charge in [-0.25, -0.2) is 0 Å². The fourth-order valence-corrected chi connectivity index (χ4v) is 2.83. The molecule has 1 heterocycles. The Morgan fingerprint density at radius 3 is 2.57 bits per heavy atom. The first-order valence-corrected chi connectivity index (χ1v) is 8.30. The van der Waals surface area contributed by atoms with E-state index in [4.69, 9.17) is 5.26 Å². The Bertz CT molecular complexity index is 328. The molecule has 1 aliphatic rings. The van der Waals surface area contributed by atoms with Gasteiger partial charge in [0, 0.05) is 25.4 Å². The molecule has 5 nitrogen and oxygen atoms in total. The second-order valence-corrected chi connectivity index (χ2v) is 5.70. The molecule has 0 aromatic heterocycles. The van der Waals surface area contributed by atoms with E-state index in [-0.39, 0.29) is 11.8 Å². The topological polar surface area (TPSA) is 59.4 Å². The van der Waals surface area contributed by atoms with Crippen LogP contribution in [0.3, 0.4) is 0 Å². The first-order chi connectivity index (χ1) is 10.2. The molecule has 0 aromatic carbocycles. The summed E-state index contributed by atoms with van der Waals surface area (Å²) in [6.45, 7) is 11.1. The smallest absolute Gasteiger partial charge is 0.223 e. The number of carbonyl (C=O) groups is 1. The molecule has 1 saturated heterocycles. The van der Waals surface area contributed by atoms with E-state index < -0.39 is 0 Å². The van der Waals surface area contributed by atoms with Crippen molar-refractivity contribution in [2.75, 3.05) is 45.8 Å². The number of hydrogen-bond acceptors (Lipinski definition) is 4. The Morgan fingerprint density at radius 1 is 1.33 bits per heavy atom. The molecule has 1 N–H and O–H groups in total. The fraction of sp³-hybridized carbons (Fsp3) is 0.875. The van der Waals surface area contributed by atoms with Gasteiger partial charge in [-0.05, 0) is 52.0 Å². The average Bonchev–Trinajstić information content (AvgIpc) is 2.53. The van der Waals surface area contributed by atoms with E-state index in [0.29, 0.717) is 6.42 Å². The molecule has 1 amide bonds. The molecule has 0 bridgehead atoms. The zero-order valence-corrected chi connectivity index (χ0v) is 13.6. The van der Waals surface area contributed by atoms with Crippen molar-refractivity contribution in [2.24, 2.45) is 5.92 Å². The normalized spacial score (nSPS) is 16.9. The van der Waals surface area contributed by atoms with Crippen molar-refractivity contribution in [2.45, 2.75) is 39.5 Å². The second kappa shape index (κ2) is 10.6. The summed E-state index contributed by atoms with van der Waals surface area (Å²) in [4.78, 5) is 16.8. The number of nitrogens with one attached hydrogen (secondary N) is 1. The Labute approximate surface area is 129 Å². The van der Waals surface area contributed by atoms with E-state index >= 15 is 0 Å².